The van der Waals surface area contributed by atoms with Crippen molar-refractivity contribution in [1.82, 2.24) is 10.1 Å². The molecule has 2 heterocycles. The maximum Gasteiger partial charge on any atom is 0.337 e. The van der Waals surface area contributed by atoms with E-state index in [2.05, 4.69) is 10.1 Å². The molecule has 36 heavy (non-hydrogen) atoms. The minimum absolute atomic E-state index is 0.395. The van der Waals surface area contributed by atoms with Crippen LogP contribution in [0.4, 0.5) is 0 Å². The molecule has 0 N–H and O–H groups in total. The Balaban J connectivity index is 1.12. The van der Waals surface area contributed by atoms with Crippen LogP contribution < -0.4 is 0 Å². The standard InChI is InChI=1S/C27H26Cl2N2O5/c1-33-27(32)17-11-12-21-22(14-17)35-23(30-21)8-3-2-4-13-34-15-18-25(31-36-26(18)16-9-10-16)24-19(28)6-5-7-20(24)29/h5-7,11-12,14,16H,2-4,8-10,13,15H2,1H3. The first-order valence-electron chi connectivity index (χ1n) is 12.0. The molecule has 188 valence electrons. The van der Waals surface area contributed by atoms with Gasteiger partial charge in [0, 0.05) is 30.1 Å². The Kier molecular flexibility index (Phi) is 7.60. The van der Waals surface area contributed by atoms with Crippen molar-refractivity contribution in [1.29, 1.82) is 0 Å². The van der Waals surface area contributed by atoms with Gasteiger partial charge in [-0.1, -0.05) is 40.8 Å². The number of methoxy groups -OCH3 is 1. The number of esters is 1. The number of rotatable bonds is 11. The third kappa shape index (κ3) is 5.43. The highest BCUT2D eigenvalue weighted by molar-refractivity contribution is 6.39. The van der Waals surface area contributed by atoms with E-state index in [-0.39, 0.29) is 0 Å². The number of unbranched alkanes of at least 4 members (excludes halogenated alkanes) is 2. The Labute approximate surface area is 218 Å². The van der Waals surface area contributed by atoms with E-state index in [0.29, 0.717) is 57.5 Å². The Hall–Kier alpha value is -2.87. The zero-order chi connectivity index (χ0) is 25.1. The third-order valence-corrected chi connectivity index (χ3v) is 6.88. The molecule has 0 unspecified atom stereocenters. The lowest BCUT2D eigenvalue weighted by atomic mass is 10.0. The van der Waals surface area contributed by atoms with Crippen molar-refractivity contribution in [3.05, 3.63) is 69.2 Å². The molecule has 2 aromatic carbocycles. The maximum absolute atomic E-state index is 11.7. The molecule has 2 aromatic heterocycles. The zero-order valence-electron chi connectivity index (χ0n) is 19.9. The molecule has 0 radical (unpaired) electrons. The van der Waals surface area contributed by atoms with Gasteiger partial charge in [-0.3, -0.25) is 0 Å². The maximum atomic E-state index is 11.7. The zero-order valence-corrected chi connectivity index (χ0v) is 21.4. The molecular formula is C27H26Cl2N2O5. The molecule has 1 fully saturated rings. The van der Waals surface area contributed by atoms with Crippen LogP contribution in [-0.4, -0.2) is 29.8 Å². The van der Waals surface area contributed by atoms with Crippen molar-refractivity contribution in [2.45, 2.75) is 51.0 Å². The number of benzene rings is 2. The molecule has 0 spiro atoms. The molecule has 5 rings (SSSR count). The Morgan fingerprint density at radius 1 is 1.11 bits per heavy atom. The minimum Gasteiger partial charge on any atom is -0.465 e. The smallest absolute Gasteiger partial charge is 0.337 e. The van der Waals surface area contributed by atoms with Gasteiger partial charge in [0.1, 0.15) is 17.0 Å². The van der Waals surface area contributed by atoms with Gasteiger partial charge in [-0.25, -0.2) is 9.78 Å². The van der Waals surface area contributed by atoms with E-state index in [1.807, 2.05) is 6.07 Å². The first-order valence-corrected chi connectivity index (χ1v) is 12.8. The Morgan fingerprint density at radius 2 is 1.92 bits per heavy atom. The number of hydrogen-bond donors (Lipinski definition) is 0. The fourth-order valence-electron chi connectivity index (χ4n) is 4.20. The average molecular weight is 529 g/mol. The molecule has 0 aliphatic heterocycles. The number of halogens is 2. The second-order valence-corrected chi connectivity index (χ2v) is 9.70. The van der Waals surface area contributed by atoms with Crippen molar-refractivity contribution in [2.24, 2.45) is 0 Å². The van der Waals surface area contributed by atoms with Crippen molar-refractivity contribution < 1.29 is 23.2 Å². The predicted molar refractivity (Wildman–Crippen MR) is 136 cm³/mol. The highest BCUT2D eigenvalue weighted by Gasteiger charge is 2.33. The summed E-state index contributed by atoms with van der Waals surface area (Å²) in [6, 6.07) is 10.5. The van der Waals surface area contributed by atoms with Gasteiger partial charge in [0.15, 0.2) is 11.5 Å². The van der Waals surface area contributed by atoms with Gasteiger partial charge in [-0.05, 0) is 56.0 Å². The molecule has 9 heteroatoms. The molecule has 4 aromatic rings. The second-order valence-electron chi connectivity index (χ2n) is 8.89. The number of aryl methyl sites for hydroxylation is 1. The van der Waals surface area contributed by atoms with Crippen LogP contribution >= 0.6 is 23.2 Å². The summed E-state index contributed by atoms with van der Waals surface area (Å²) in [5.74, 6) is 1.54. The predicted octanol–water partition coefficient (Wildman–Crippen LogP) is 7.38. The SMILES string of the molecule is COC(=O)c1ccc2nc(CCCCCOCc3c(-c4c(Cl)cccc4Cl)noc3C3CC3)oc2c1. The molecular weight excluding hydrogens is 503 g/mol. The molecule has 1 aliphatic rings. The average Bonchev–Trinajstić information content (AvgIpc) is 3.51. The number of hydrogen-bond acceptors (Lipinski definition) is 7. The largest absolute Gasteiger partial charge is 0.465 e. The molecule has 0 atom stereocenters. The van der Waals surface area contributed by atoms with Gasteiger partial charge in [0.25, 0.3) is 0 Å². The van der Waals surface area contributed by atoms with E-state index in [9.17, 15) is 4.79 Å². The van der Waals surface area contributed by atoms with Gasteiger partial charge in [-0.2, -0.15) is 0 Å². The van der Waals surface area contributed by atoms with Crippen LogP contribution in [-0.2, 0) is 22.5 Å². The first-order chi connectivity index (χ1) is 17.5. The summed E-state index contributed by atoms with van der Waals surface area (Å²) in [5, 5.41) is 5.39. The van der Waals surface area contributed by atoms with Gasteiger partial charge in [0.2, 0.25) is 0 Å². The van der Waals surface area contributed by atoms with Crippen molar-refractivity contribution in [3.8, 4) is 11.3 Å². The van der Waals surface area contributed by atoms with Crippen molar-refractivity contribution >= 4 is 40.3 Å². The molecule has 0 bridgehead atoms. The molecule has 1 aliphatic carbocycles. The van der Waals surface area contributed by atoms with Crippen molar-refractivity contribution in [2.75, 3.05) is 13.7 Å². The number of carbonyl (C=O) groups excluding carboxylic acids is 1. The lowest BCUT2D eigenvalue weighted by molar-refractivity contribution is 0.0600. The summed E-state index contributed by atoms with van der Waals surface area (Å²) in [6.45, 7) is 1.01. The van der Waals surface area contributed by atoms with E-state index < -0.39 is 5.97 Å². The number of aromatic nitrogens is 2. The number of oxazole rings is 1. The van der Waals surface area contributed by atoms with Crippen LogP contribution in [0, 0.1) is 0 Å². The van der Waals surface area contributed by atoms with E-state index in [4.69, 9.17) is 41.6 Å². The molecule has 0 amide bonds. The monoisotopic (exact) mass is 528 g/mol. The summed E-state index contributed by atoms with van der Waals surface area (Å²) in [7, 11) is 1.35. The van der Waals surface area contributed by atoms with Crippen LogP contribution in [0.2, 0.25) is 10.0 Å². The number of carbonyl (C=O) groups is 1. The summed E-state index contributed by atoms with van der Waals surface area (Å²) in [6.07, 6.45) is 5.69. The normalized spacial score (nSPS) is 13.4. The summed E-state index contributed by atoms with van der Waals surface area (Å²) in [4.78, 5) is 16.2. The molecule has 7 nitrogen and oxygen atoms in total. The third-order valence-electron chi connectivity index (χ3n) is 6.25. The van der Waals surface area contributed by atoms with E-state index in [0.717, 1.165) is 55.4 Å². The fourth-order valence-corrected chi connectivity index (χ4v) is 4.78. The van der Waals surface area contributed by atoms with Gasteiger partial charge in [-0.15, -0.1) is 0 Å². The molecule has 0 saturated heterocycles. The molecule has 1 saturated carbocycles. The number of fused-ring (bicyclic) bond motifs is 1. The minimum atomic E-state index is -0.396. The van der Waals surface area contributed by atoms with E-state index >= 15 is 0 Å². The van der Waals surface area contributed by atoms with E-state index in [1.165, 1.54) is 7.11 Å². The fraction of sp³-hybridized carbons (Fsp3) is 0.370. The Bertz CT molecular complexity index is 1360. The summed E-state index contributed by atoms with van der Waals surface area (Å²) in [5.41, 5.74) is 4.06. The lowest BCUT2D eigenvalue weighted by Crippen LogP contribution is -2.00. The number of ether oxygens (including phenoxy) is 2. The topological polar surface area (TPSA) is 87.6 Å². The first kappa shape index (κ1) is 24.8. The van der Waals surface area contributed by atoms with Gasteiger partial charge < -0.3 is 18.4 Å². The van der Waals surface area contributed by atoms with Crippen LogP contribution in [0.15, 0.2) is 45.3 Å². The highest BCUT2D eigenvalue weighted by atomic mass is 35.5. The van der Waals surface area contributed by atoms with Crippen molar-refractivity contribution in [3.63, 3.8) is 0 Å². The summed E-state index contributed by atoms with van der Waals surface area (Å²) < 4.78 is 22.3. The van der Waals surface area contributed by atoms with Crippen LogP contribution in [0.25, 0.3) is 22.4 Å². The lowest BCUT2D eigenvalue weighted by Gasteiger charge is -2.08. The Morgan fingerprint density at radius 3 is 2.67 bits per heavy atom. The van der Waals surface area contributed by atoms with Gasteiger partial charge in [0.05, 0.1) is 29.3 Å². The van der Waals surface area contributed by atoms with Crippen LogP contribution in [0.1, 0.15) is 65.6 Å². The van der Waals surface area contributed by atoms with Crippen LogP contribution in [0.3, 0.4) is 0 Å². The van der Waals surface area contributed by atoms with E-state index in [1.54, 1.807) is 30.3 Å². The number of nitrogens with zero attached hydrogens (tertiary/aromatic N) is 2. The second kappa shape index (κ2) is 11.0. The van der Waals surface area contributed by atoms with Gasteiger partial charge >= 0.3 is 5.97 Å². The van der Waals surface area contributed by atoms with Crippen LogP contribution in [0.5, 0.6) is 0 Å². The summed E-state index contributed by atoms with van der Waals surface area (Å²) >= 11 is 12.8. The highest BCUT2D eigenvalue weighted by Crippen LogP contribution is 2.46. The quantitative estimate of drug-likeness (QED) is 0.148.